The molecule has 6 nitrogen and oxygen atoms in total. The Morgan fingerprint density at radius 3 is 3.00 bits per heavy atom. The minimum Gasteiger partial charge on any atom is -0.346 e. The lowest BCUT2D eigenvalue weighted by Gasteiger charge is -2.03. The zero-order valence-corrected chi connectivity index (χ0v) is 12.2. The van der Waals surface area contributed by atoms with Gasteiger partial charge in [0.25, 0.3) is 5.91 Å². The van der Waals surface area contributed by atoms with Gasteiger partial charge in [0.1, 0.15) is 11.4 Å². The van der Waals surface area contributed by atoms with Crippen molar-refractivity contribution in [3.63, 3.8) is 0 Å². The average molecular weight is 299 g/mol. The summed E-state index contributed by atoms with van der Waals surface area (Å²) < 4.78 is 1.73. The number of carbonyl (C=O) groups excluding carboxylic acids is 1. The first-order valence-corrected chi connectivity index (χ1v) is 7.23. The largest absolute Gasteiger partial charge is 0.346 e. The Morgan fingerprint density at radius 2 is 2.29 bits per heavy atom. The summed E-state index contributed by atoms with van der Waals surface area (Å²) in [6.07, 6.45) is 4.91. The van der Waals surface area contributed by atoms with Crippen LogP contribution in [0.4, 0.5) is 0 Å². The van der Waals surface area contributed by atoms with Crippen molar-refractivity contribution in [2.24, 2.45) is 7.05 Å². The molecule has 3 aromatic rings. The SMILES string of the molecule is Cn1nc(-c2cnccn2)cc1CNC(=O)c1cccs1. The lowest BCUT2D eigenvalue weighted by Crippen LogP contribution is -2.23. The fourth-order valence-corrected chi connectivity index (χ4v) is 2.53. The van der Waals surface area contributed by atoms with Gasteiger partial charge >= 0.3 is 0 Å². The lowest BCUT2D eigenvalue weighted by atomic mass is 10.3. The molecule has 0 bridgehead atoms. The monoisotopic (exact) mass is 299 g/mol. The molecule has 0 aliphatic rings. The standard InChI is InChI=1S/C14H13N5OS/c1-19-10(8-17-14(20)13-3-2-6-21-13)7-11(18-19)12-9-15-4-5-16-12/h2-7,9H,8H2,1H3,(H,17,20). The number of carbonyl (C=O) groups is 1. The zero-order chi connectivity index (χ0) is 14.7. The third-order valence-corrected chi connectivity index (χ3v) is 3.85. The Balaban J connectivity index is 1.72. The summed E-state index contributed by atoms with van der Waals surface area (Å²) in [6.45, 7) is 0.417. The highest BCUT2D eigenvalue weighted by molar-refractivity contribution is 7.12. The Bertz CT molecular complexity index is 736. The first kappa shape index (κ1) is 13.4. The van der Waals surface area contributed by atoms with E-state index in [2.05, 4.69) is 20.4 Å². The summed E-state index contributed by atoms with van der Waals surface area (Å²) in [7, 11) is 1.84. The molecule has 0 fully saturated rings. The van der Waals surface area contributed by atoms with Crippen LogP contribution in [-0.2, 0) is 13.6 Å². The molecule has 0 aromatic carbocycles. The lowest BCUT2D eigenvalue weighted by molar-refractivity contribution is 0.0954. The molecule has 0 aliphatic carbocycles. The first-order chi connectivity index (χ1) is 10.2. The van der Waals surface area contributed by atoms with Gasteiger partial charge in [-0.2, -0.15) is 5.10 Å². The fourth-order valence-electron chi connectivity index (χ4n) is 1.89. The van der Waals surface area contributed by atoms with E-state index < -0.39 is 0 Å². The molecule has 0 unspecified atom stereocenters. The van der Waals surface area contributed by atoms with Crippen LogP contribution in [0.1, 0.15) is 15.4 Å². The van der Waals surface area contributed by atoms with Crippen LogP contribution in [0, 0.1) is 0 Å². The van der Waals surface area contributed by atoms with Crippen LogP contribution in [0.15, 0.2) is 42.2 Å². The predicted molar refractivity (Wildman–Crippen MR) is 79.7 cm³/mol. The first-order valence-electron chi connectivity index (χ1n) is 6.35. The number of rotatable bonds is 4. The van der Waals surface area contributed by atoms with Crippen molar-refractivity contribution in [1.29, 1.82) is 0 Å². The maximum atomic E-state index is 11.9. The van der Waals surface area contributed by atoms with Crippen LogP contribution in [0.3, 0.4) is 0 Å². The second kappa shape index (κ2) is 5.84. The van der Waals surface area contributed by atoms with Gasteiger partial charge in [0.05, 0.1) is 23.3 Å². The van der Waals surface area contributed by atoms with Crippen molar-refractivity contribution in [3.8, 4) is 11.4 Å². The molecular weight excluding hydrogens is 286 g/mol. The second-order valence-electron chi connectivity index (χ2n) is 4.40. The van der Waals surface area contributed by atoms with Crippen LogP contribution >= 0.6 is 11.3 Å². The quantitative estimate of drug-likeness (QED) is 0.798. The van der Waals surface area contributed by atoms with Gasteiger partial charge < -0.3 is 5.32 Å². The highest BCUT2D eigenvalue weighted by Crippen LogP contribution is 2.15. The van der Waals surface area contributed by atoms with Crippen molar-refractivity contribution < 1.29 is 4.79 Å². The molecule has 3 aromatic heterocycles. The summed E-state index contributed by atoms with van der Waals surface area (Å²) in [4.78, 5) is 20.9. The summed E-state index contributed by atoms with van der Waals surface area (Å²) in [6, 6.07) is 5.56. The summed E-state index contributed by atoms with van der Waals surface area (Å²) in [5, 5.41) is 9.15. The Morgan fingerprint density at radius 1 is 1.38 bits per heavy atom. The van der Waals surface area contributed by atoms with Crippen molar-refractivity contribution in [2.75, 3.05) is 0 Å². The molecule has 0 saturated carbocycles. The van der Waals surface area contributed by atoms with Crippen LogP contribution in [-0.4, -0.2) is 25.7 Å². The average Bonchev–Trinajstić information content (AvgIpc) is 3.16. The molecule has 0 saturated heterocycles. The number of aryl methyl sites for hydroxylation is 1. The molecule has 106 valence electrons. The third-order valence-electron chi connectivity index (χ3n) is 2.98. The maximum absolute atomic E-state index is 11.9. The molecule has 0 aliphatic heterocycles. The van der Waals surface area contributed by atoms with Crippen LogP contribution in [0.25, 0.3) is 11.4 Å². The summed E-state index contributed by atoms with van der Waals surface area (Å²) >= 11 is 1.42. The summed E-state index contributed by atoms with van der Waals surface area (Å²) in [5.41, 5.74) is 2.36. The Labute approximate surface area is 125 Å². The van der Waals surface area contributed by atoms with Crippen molar-refractivity contribution >= 4 is 17.2 Å². The van der Waals surface area contributed by atoms with E-state index in [0.29, 0.717) is 17.1 Å². The van der Waals surface area contributed by atoms with Gasteiger partial charge in [-0.3, -0.25) is 19.4 Å². The predicted octanol–water partition coefficient (Wildman–Crippen LogP) is 1.87. The van der Waals surface area contributed by atoms with E-state index >= 15 is 0 Å². The number of aromatic nitrogens is 4. The van der Waals surface area contributed by atoms with Crippen LogP contribution in [0.2, 0.25) is 0 Å². The normalized spacial score (nSPS) is 10.5. The maximum Gasteiger partial charge on any atom is 0.261 e. The summed E-state index contributed by atoms with van der Waals surface area (Å²) in [5.74, 6) is -0.0766. The number of hydrogen-bond acceptors (Lipinski definition) is 5. The molecule has 3 heterocycles. The van der Waals surface area contributed by atoms with Gasteiger partial charge in [-0.1, -0.05) is 6.07 Å². The molecule has 21 heavy (non-hydrogen) atoms. The molecule has 0 radical (unpaired) electrons. The third kappa shape index (κ3) is 2.97. The molecule has 3 rings (SSSR count). The highest BCUT2D eigenvalue weighted by Gasteiger charge is 2.11. The Kier molecular flexibility index (Phi) is 3.74. The number of hydrogen-bond donors (Lipinski definition) is 1. The van der Waals surface area contributed by atoms with Crippen molar-refractivity contribution in [3.05, 3.63) is 52.7 Å². The van der Waals surface area contributed by atoms with E-state index in [9.17, 15) is 4.79 Å². The second-order valence-corrected chi connectivity index (χ2v) is 5.34. The minimum absolute atomic E-state index is 0.0766. The van der Waals surface area contributed by atoms with E-state index in [0.717, 1.165) is 11.4 Å². The van der Waals surface area contributed by atoms with Gasteiger partial charge in [-0.25, -0.2) is 0 Å². The molecule has 0 spiro atoms. The van der Waals surface area contributed by atoms with E-state index in [4.69, 9.17) is 0 Å². The van der Waals surface area contributed by atoms with Gasteiger partial charge in [0, 0.05) is 19.4 Å². The van der Waals surface area contributed by atoms with E-state index in [1.165, 1.54) is 11.3 Å². The minimum atomic E-state index is -0.0766. The van der Waals surface area contributed by atoms with Gasteiger partial charge in [0.2, 0.25) is 0 Å². The van der Waals surface area contributed by atoms with Crippen molar-refractivity contribution in [2.45, 2.75) is 6.54 Å². The van der Waals surface area contributed by atoms with Gasteiger partial charge in [-0.15, -0.1) is 11.3 Å². The number of amides is 1. The van der Waals surface area contributed by atoms with Crippen LogP contribution < -0.4 is 5.32 Å². The van der Waals surface area contributed by atoms with Gasteiger partial charge in [-0.05, 0) is 17.5 Å². The molecule has 7 heteroatoms. The topological polar surface area (TPSA) is 72.7 Å². The smallest absolute Gasteiger partial charge is 0.261 e. The van der Waals surface area contributed by atoms with E-state index in [-0.39, 0.29) is 5.91 Å². The van der Waals surface area contributed by atoms with E-state index in [1.54, 1.807) is 29.3 Å². The molecule has 1 N–H and O–H groups in total. The van der Waals surface area contributed by atoms with Gasteiger partial charge in [0.15, 0.2) is 0 Å². The molecular formula is C14H13N5OS. The molecule has 0 atom stereocenters. The number of nitrogens with zero attached hydrogens (tertiary/aromatic N) is 4. The fraction of sp³-hybridized carbons (Fsp3) is 0.143. The Hall–Kier alpha value is -2.54. The molecule has 1 amide bonds. The number of nitrogens with one attached hydrogen (secondary N) is 1. The number of thiophene rings is 1. The highest BCUT2D eigenvalue weighted by atomic mass is 32.1. The zero-order valence-electron chi connectivity index (χ0n) is 11.4. The van der Waals surface area contributed by atoms with E-state index in [1.807, 2.05) is 24.6 Å². The van der Waals surface area contributed by atoms with Crippen LogP contribution in [0.5, 0.6) is 0 Å². The van der Waals surface area contributed by atoms with Crippen molar-refractivity contribution in [1.82, 2.24) is 25.1 Å².